The summed E-state index contributed by atoms with van der Waals surface area (Å²) in [6.45, 7) is 16.2. The highest BCUT2D eigenvalue weighted by molar-refractivity contribution is 14.0. The minimum Gasteiger partial charge on any atom is -0.357 e. The fraction of sp³-hybridized carbons (Fsp3) is 0.680. The van der Waals surface area contributed by atoms with Gasteiger partial charge in [0.1, 0.15) is 0 Å². The Balaban J connectivity index is 0.00000480. The minimum absolute atomic E-state index is 0. The van der Waals surface area contributed by atoms with Crippen molar-refractivity contribution in [3.63, 3.8) is 0 Å². The first-order chi connectivity index (χ1) is 14.3. The molecule has 1 aliphatic heterocycles. The van der Waals surface area contributed by atoms with Crippen molar-refractivity contribution in [1.82, 2.24) is 15.5 Å². The maximum atomic E-state index is 12.6. The highest BCUT2D eigenvalue weighted by Crippen LogP contribution is 2.22. The van der Waals surface area contributed by atoms with Crippen LogP contribution in [0.3, 0.4) is 0 Å². The normalized spacial score (nSPS) is 15.6. The summed E-state index contributed by atoms with van der Waals surface area (Å²) in [5.41, 5.74) is 2.73. The van der Waals surface area contributed by atoms with E-state index in [0.29, 0.717) is 18.5 Å². The van der Waals surface area contributed by atoms with E-state index in [1.807, 2.05) is 0 Å². The van der Waals surface area contributed by atoms with Gasteiger partial charge in [0.2, 0.25) is 5.91 Å². The number of benzene rings is 1. The Morgan fingerprint density at radius 3 is 2.16 bits per heavy atom. The van der Waals surface area contributed by atoms with Crippen molar-refractivity contribution in [2.24, 2.45) is 10.9 Å². The van der Waals surface area contributed by atoms with Crippen molar-refractivity contribution in [3.8, 4) is 0 Å². The van der Waals surface area contributed by atoms with Crippen molar-refractivity contribution < 1.29 is 4.79 Å². The molecule has 176 valence electrons. The van der Waals surface area contributed by atoms with Crippen molar-refractivity contribution in [3.05, 3.63) is 35.4 Å². The molecule has 31 heavy (non-hydrogen) atoms. The number of likely N-dealkylation sites (tertiary alicyclic amines) is 1. The molecular formula is C25H43IN4O. The molecule has 0 spiro atoms. The third kappa shape index (κ3) is 8.62. The first-order valence-electron chi connectivity index (χ1n) is 11.7. The van der Waals surface area contributed by atoms with Crippen LogP contribution in [-0.4, -0.2) is 42.4 Å². The fourth-order valence-corrected chi connectivity index (χ4v) is 3.93. The Kier molecular flexibility index (Phi) is 11.9. The van der Waals surface area contributed by atoms with Gasteiger partial charge in [-0.2, -0.15) is 0 Å². The molecule has 0 saturated carbocycles. The van der Waals surface area contributed by atoms with Crippen LogP contribution in [0.4, 0.5) is 0 Å². The third-order valence-electron chi connectivity index (χ3n) is 6.07. The monoisotopic (exact) mass is 542 g/mol. The molecule has 1 aromatic carbocycles. The van der Waals surface area contributed by atoms with E-state index in [1.54, 1.807) is 0 Å². The minimum atomic E-state index is 0. The molecule has 0 radical (unpaired) electrons. The second-order valence-corrected chi connectivity index (χ2v) is 9.40. The first-order valence-corrected chi connectivity index (χ1v) is 11.7. The number of carbonyl (C=O) groups is 1. The zero-order valence-corrected chi connectivity index (χ0v) is 22.7. The van der Waals surface area contributed by atoms with Gasteiger partial charge >= 0.3 is 0 Å². The Labute approximate surface area is 206 Å². The summed E-state index contributed by atoms with van der Waals surface area (Å²) in [5.74, 6) is 1.37. The van der Waals surface area contributed by atoms with E-state index in [4.69, 9.17) is 4.99 Å². The predicted molar refractivity (Wildman–Crippen MR) is 142 cm³/mol. The van der Waals surface area contributed by atoms with Crippen LogP contribution in [0.1, 0.15) is 78.4 Å². The molecule has 1 aliphatic rings. The summed E-state index contributed by atoms with van der Waals surface area (Å²) in [5, 5.41) is 6.94. The van der Waals surface area contributed by atoms with Gasteiger partial charge in [-0.1, -0.05) is 58.9 Å². The van der Waals surface area contributed by atoms with Gasteiger partial charge in [0.15, 0.2) is 5.96 Å². The zero-order chi connectivity index (χ0) is 22.1. The second kappa shape index (κ2) is 13.3. The molecule has 0 aromatic heterocycles. The molecule has 0 aliphatic carbocycles. The number of halogens is 1. The Morgan fingerprint density at radius 2 is 1.68 bits per heavy atom. The molecule has 1 fully saturated rings. The molecule has 1 saturated heterocycles. The van der Waals surface area contributed by atoms with Crippen LogP contribution in [0, 0.1) is 5.92 Å². The lowest BCUT2D eigenvalue weighted by Gasteiger charge is -2.34. The SMILES string of the molecule is CCNC(=NCc1ccc(C(C)(C)C)cc1)NC1CCN(C(=O)C(CC)CC)CC1.I. The maximum Gasteiger partial charge on any atom is 0.225 e. The van der Waals surface area contributed by atoms with Gasteiger partial charge in [0, 0.05) is 31.6 Å². The summed E-state index contributed by atoms with van der Waals surface area (Å²) >= 11 is 0. The molecule has 0 atom stereocenters. The summed E-state index contributed by atoms with van der Waals surface area (Å²) in [6, 6.07) is 9.12. The number of carbonyl (C=O) groups excluding carboxylic acids is 1. The number of rotatable bonds is 7. The van der Waals surface area contributed by atoms with E-state index >= 15 is 0 Å². The fourth-order valence-electron chi connectivity index (χ4n) is 3.93. The highest BCUT2D eigenvalue weighted by atomic mass is 127. The molecule has 5 nitrogen and oxygen atoms in total. The van der Waals surface area contributed by atoms with Gasteiger partial charge in [0.25, 0.3) is 0 Å². The second-order valence-electron chi connectivity index (χ2n) is 9.40. The van der Waals surface area contributed by atoms with Crippen LogP contribution in [-0.2, 0) is 16.8 Å². The molecule has 2 rings (SSSR count). The lowest BCUT2D eigenvalue weighted by Crippen LogP contribution is -2.50. The summed E-state index contributed by atoms with van der Waals surface area (Å²) in [7, 11) is 0. The smallest absolute Gasteiger partial charge is 0.225 e. The number of amides is 1. The van der Waals surface area contributed by atoms with E-state index in [2.05, 4.69) is 81.3 Å². The third-order valence-corrected chi connectivity index (χ3v) is 6.07. The molecule has 0 bridgehead atoms. The topological polar surface area (TPSA) is 56.7 Å². The number of nitrogens with zero attached hydrogens (tertiary/aromatic N) is 2. The van der Waals surface area contributed by atoms with Crippen molar-refractivity contribution in [2.45, 2.75) is 85.2 Å². The predicted octanol–water partition coefficient (Wildman–Crippen LogP) is 5.08. The number of aliphatic imine (C=N–C) groups is 1. The summed E-state index contributed by atoms with van der Waals surface area (Å²) in [4.78, 5) is 19.5. The zero-order valence-electron chi connectivity index (χ0n) is 20.3. The van der Waals surface area contributed by atoms with Gasteiger partial charge in [-0.15, -0.1) is 24.0 Å². The van der Waals surface area contributed by atoms with Crippen LogP contribution >= 0.6 is 24.0 Å². The van der Waals surface area contributed by atoms with Crippen molar-refractivity contribution in [1.29, 1.82) is 0 Å². The Bertz CT molecular complexity index is 684. The van der Waals surface area contributed by atoms with E-state index in [-0.39, 0.29) is 35.3 Å². The lowest BCUT2D eigenvalue weighted by molar-refractivity contribution is -0.136. The number of piperidine rings is 1. The number of guanidine groups is 1. The highest BCUT2D eigenvalue weighted by Gasteiger charge is 2.26. The molecular weight excluding hydrogens is 499 g/mol. The van der Waals surface area contributed by atoms with E-state index < -0.39 is 0 Å². The van der Waals surface area contributed by atoms with Crippen LogP contribution in [0.2, 0.25) is 0 Å². The standard InChI is InChI=1S/C25H42N4O.HI/c1-7-20(8-2)23(30)29-16-14-22(15-17-29)28-24(26-9-3)27-18-19-10-12-21(13-11-19)25(4,5)6;/h10-13,20,22H,7-9,14-18H2,1-6H3,(H2,26,27,28);1H. The molecule has 1 heterocycles. The quantitative estimate of drug-likeness (QED) is 0.287. The van der Waals surface area contributed by atoms with Crippen molar-refractivity contribution >= 4 is 35.8 Å². The van der Waals surface area contributed by atoms with Crippen molar-refractivity contribution in [2.75, 3.05) is 19.6 Å². The average Bonchev–Trinajstić information content (AvgIpc) is 2.73. The number of nitrogens with one attached hydrogen (secondary N) is 2. The van der Waals surface area contributed by atoms with Crippen LogP contribution in [0.15, 0.2) is 29.3 Å². The van der Waals surface area contributed by atoms with Gasteiger partial charge in [-0.05, 0) is 49.1 Å². The van der Waals surface area contributed by atoms with Crippen LogP contribution in [0.5, 0.6) is 0 Å². The van der Waals surface area contributed by atoms with Crippen LogP contribution < -0.4 is 10.6 Å². The lowest BCUT2D eigenvalue weighted by atomic mass is 9.87. The number of hydrogen-bond acceptors (Lipinski definition) is 2. The van der Waals surface area contributed by atoms with Crippen LogP contribution in [0.25, 0.3) is 0 Å². The Hall–Kier alpha value is -1.31. The summed E-state index contributed by atoms with van der Waals surface area (Å²) in [6.07, 6.45) is 3.80. The van der Waals surface area contributed by atoms with Gasteiger partial charge in [0.05, 0.1) is 6.54 Å². The van der Waals surface area contributed by atoms with Gasteiger partial charge < -0.3 is 15.5 Å². The molecule has 1 aromatic rings. The van der Waals surface area contributed by atoms with E-state index in [1.165, 1.54) is 11.1 Å². The van der Waals surface area contributed by atoms with Gasteiger partial charge in [-0.3, -0.25) is 4.79 Å². The molecule has 2 N–H and O–H groups in total. The van der Waals surface area contributed by atoms with E-state index in [9.17, 15) is 4.79 Å². The maximum absolute atomic E-state index is 12.6. The van der Waals surface area contributed by atoms with E-state index in [0.717, 1.165) is 51.3 Å². The molecule has 1 amide bonds. The largest absolute Gasteiger partial charge is 0.357 e. The first kappa shape index (κ1) is 27.7. The molecule has 0 unspecified atom stereocenters. The summed E-state index contributed by atoms with van der Waals surface area (Å²) < 4.78 is 0. The Morgan fingerprint density at radius 1 is 1.10 bits per heavy atom. The van der Waals surface area contributed by atoms with Gasteiger partial charge in [-0.25, -0.2) is 4.99 Å². The number of hydrogen-bond donors (Lipinski definition) is 2. The average molecular weight is 543 g/mol. The molecule has 6 heteroatoms.